The minimum atomic E-state index is -0.545. The maximum Gasteiger partial charge on any atom is 0.331 e. The second-order valence-corrected chi connectivity index (χ2v) is 9.36. The SMILES string of the molecule is Cn1cc(-c2cn(CC(=O)N3CCC(N4CCc5ccccc5NC4=O)CC3)c(=O)n(C)c2=O)cn1. The highest BCUT2D eigenvalue weighted by atomic mass is 16.2. The molecule has 11 nitrogen and oxygen atoms in total. The summed E-state index contributed by atoms with van der Waals surface area (Å²) in [6.45, 7) is 1.46. The minimum Gasteiger partial charge on any atom is -0.341 e. The quantitative estimate of drug-likeness (QED) is 0.586. The summed E-state index contributed by atoms with van der Waals surface area (Å²) in [6.07, 6.45) is 6.79. The van der Waals surface area contributed by atoms with E-state index in [2.05, 4.69) is 10.4 Å². The molecule has 0 atom stereocenters. The highest BCUT2D eigenvalue weighted by molar-refractivity contribution is 5.91. The molecule has 2 aromatic heterocycles. The number of anilines is 1. The fourth-order valence-corrected chi connectivity index (χ4v) is 5.01. The predicted octanol–water partition coefficient (Wildman–Crippen LogP) is 1.03. The molecule has 3 amide bonds. The monoisotopic (exact) mass is 491 g/mol. The van der Waals surface area contributed by atoms with Gasteiger partial charge in [-0.25, -0.2) is 9.59 Å². The van der Waals surface area contributed by atoms with E-state index in [0.29, 0.717) is 43.6 Å². The average Bonchev–Trinajstić information content (AvgIpc) is 3.23. The number of fused-ring (bicyclic) bond motifs is 1. The standard InChI is InChI=1S/C25H29N7O4/c1-28-14-18(13-26-28)20-15-31(25(36)29(2)23(20)34)16-22(33)30-10-8-19(9-11-30)32-12-7-17-5-3-4-6-21(17)27-24(32)35/h3-6,13-15,19H,7-12,16H2,1-2H3,(H,27,35). The van der Waals surface area contributed by atoms with Crippen molar-refractivity contribution in [3.8, 4) is 11.1 Å². The molecule has 2 aliphatic heterocycles. The number of carbonyl (C=O) groups is 2. The zero-order chi connectivity index (χ0) is 25.4. The van der Waals surface area contributed by atoms with Crippen molar-refractivity contribution in [3.63, 3.8) is 0 Å². The summed E-state index contributed by atoms with van der Waals surface area (Å²) in [4.78, 5) is 54.9. The van der Waals surface area contributed by atoms with Gasteiger partial charge >= 0.3 is 11.7 Å². The van der Waals surface area contributed by atoms with Gasteiger partial charge in [-0.1, -0.05) is 18.2 Å². The van der Waals surface area contributed by atoms with Crippen molar-refractivity contribution in [3.05, 3.63) is 69.3 Å². The molecule has 0 radical (unpaired) electrons. The molecule has 188 valence electrons. The molecule has 1 fully saturated rings. The Hall–Kier alpha value is -4.15. The van der Waals surface area contributed by atoms with Crippen molar-refractivity contribution in [1.29, 1.82) is 0 Å². The zero-order valence-electron chi connectivity index (χ0n) is 20.4. The summed E-state index contributed by atoms with van der Waals surface area (Å²) in [5.41, 5.74) is 1.88. The fraction of sp³-hybridized carbons (Fsp3) is 0.400. The number of urea groups is 1. The van der Waals surface area contributed by atoms with Crippen LogP contribution in [-0.4, -0.2) is 66.3 Å². The van der Waals surface area contributed by atoms with Crippen molar-refractivity contribution >= 4 is 17.6 Å². The van der Waals surface area contributed by atoms with Gasteiger partial charge < -0.3 is 15.1 Å². The van der Waals surface area contributed by atoms with Gasteiger partial charge in [0.2, 0.25) is 5.91 Å². The lowest BCUT2D eigenvalue weighted by Gasteiger charge is -2.38. The first kappa shape index (κ1) is 23.6. The van der Waals surface area contributed by atoms with E-state index in [1.165, 1.54) is 17.8 Å². The van der Waals surface area contributed by atoms with Crippen LogP contribution in [0.4, 0.5) is 10.5 Å². The number of carbonyl (C=O) groups excluding carboxylic acids is 2. The van der Waals surface area contributed by atoms with Gasteiger partial charge in [0.25, 0.3) is 5.56 Å². The van der Waals surface area contributed by atoms with Crippen LogP contribution in [0.5, 0.6) is 0 Å². The van der Waals surface area contributed by atoms with Crippen molar-refractivity contribution in [1.82, 2.24) is 28.7 Å². The Kier molecular flexibility index (Phi) is 6.21. The van der Waals surface area contributed by atoms with Gasteiger partial charge in [-0.05, 0) is 30.9 Å². The molecular weight excluding hydrogens is 462 g/mol. The number of aryl methyl sites for hydroxylation is 1. The van der Waals surface area contributed by atoms with E-state index in [-0.39, 0.29) is 24.5 Å². The van der Waals surface area contributed by atoms with Crippen molar-refractivity contribution < 1.29 is 9.59 Å². The molecule has 1 saturated heterocycles. The van der Waals surface area contributed by atoms with E-state index in [1.807, 2.05) is 29.2 Å². The number of para-hydroxylation sites is 1. The summed E-state index contributed by atoms with van der Waals surface area (Å²) in [7, 11) is 3.15. The lowest BCUT2D eigenvalue weighted by atomic mass is 10.0. The third-order valence-electron chi connectivity index (χ3n) is 7.07. The maximum absolute atomic E-state index is 13.1. The molecule has 0 unspecified atom stereocenters. The van der Waals surface area contributed by atoms with Crippen LogP contribution in [0.3, 0.4) is 0 Å². The van der Waals surface area contributed by atoms with Gasteiger partial charge in [-0.15, -0.1) is 0 Å². The summed E-state index contributed by atoms with van der Waals surface area (Å²) in [6, 6.07) is 7.76. The van der Waals surface area contributed by atoms with E-state index >= 15 is 0 Å². The maximum atomic E-state index is 13.1. The van der Waals surface area contributed by atoms with E-state index in [9.17, 15) is 19.2 Å². The predicted molar refractivity (Wildman–Crippen MR) is 134 cm³/mol. The number of hydrogen-bond acceptors (Lipinski definition) is 5. The third-order valence-corrected chi connectivity index (χ3v) is 7.07. The van der Waals surface area contributed by atoms with Crippen LogP contribution in [0.2, 0.25) is 0 Å². The Morgan fingerprint density at radius 2 is 1.81 bits per heavy atom. The molecular formula is C25H29N7O4. The number of amides is 3. The number of rotatable bonds is 4. The number of aromatic nitrogens is 4. The van der Waals surface area contributed by atoms with Crippen LogP contribution in [0.25, 0.3) is 11.1 Å². The number of nitrogens with one attached hydrogen (secondary N) is 1. The molecule has 1 aromatic carbocycles. The molecule has 4 heterocycles. The van der Waals surface area contributed by atoms with Crippen LogP contribution >= 0.6 is 0 Å². The van der Waals surface area contributed by atoms with Crippen LogP contribution in [0.15, 0.2) is 52.4 Å². The van der Waals surface area contributed by atoms with Gasteiger partial charge in [0.1, 0.15) is 6.54 Å². The molecule has 5 rings (SSSR count). The summed E-state index contributed by atoms with van der Waals surface area (Å²) in [5, 5.41) is 7.10. The Morgan fingerprint density at radius 3 is 2.53 bits per heavy atom. The molecule has 0 aliphatic carbocycles. The molecule has 0 saturated carbocycles. The molecule has 2 aliphatic rings. The first-order valence-corrected chi connectivity index (χ1v) is 12.0. The second-order valence-electron chi connectivity index (χ2n) is 9.36. The summed E-state index contributed by atoms with van der Waals surface area (Å²) in [5.74, 6) is -0.195. The van der Waals surface area contributed by atoms with E-state index in [1.54, 1.807) is 29.0 Å². The molecule has 11 heteroatoms. The zero-order valence-corrected chi connectivity index (χ0v) is 20.4. The topological polar surface area (TPSA) is 114 Å². The van der Waals surface area contributed by atoms with Crippen molar-refractivity contribution in [2.75, 3.05) is 25.0 Å². The normalized spacial score (nSPS) is 16.4. The number of hydrogen-bond donors (Lipinski definition) is 1. The van der Waals surface area contributed by atoms with Crippen molar-refractivity contribution in [2.45, 2.75) is 31.8 Å². The van der Waals surface area contributed by atoms with Gasteiger partial charge in [0.05, 0.1) is 11.8 Å². The first-order valence-electron chi connectivity index (χ1n) is 12.0. The van der Waals surface area contributed by atoms with Gasteiger partial charge in [-0.3, -0.25) is 23.4 Å². The van der Waals surface area contributed by atoms with E-state index in [4.69, 9.17) is 0 Å². The minimum absolute atomic E-state index is 0.0424. The fourth-order valence-electron chi connectivity index (χ4n) is 5.01. The van der Waals surface area contributed by atoms with Crippen LogP contribution in [-0.2, 0) is 31.9 Å². The number of nitrogens with zero attached hydrogens (tertiary/aromatic N) is 6. The Labute approximate surface area is 207 Å². The number of benzene rings is 1. The molecule has 3 aromatic rings. The lowest BCUT2D eigenvalue weighted by Crippen LogP contribution is -2.51. The second kappa shape index (κ2) is 9.48. The molecule has 0 spiro atoms. The number of piperidine rings is 1. The average molecular weight is 492 g/mol. The van der Waals surface area contributed by atoms with E-state index in [0.717, 1.165) is 22.2 Å². The van der Waals surface area contributed by atoms with Gasteiger partial charge in [-0.2, -0.15) is 5.10 Å². The van der Waals surface area contributed by atoms with Gasteiger partial charge in [0.15, 0.2) is 0 Å². The van der Waals surface area contributed by atoms with Crippen molar-refractivity contribution in [2.24, 2.45) is 14.1 Å². The van der Waals surface area contributed by atoms with Crippen LogP contribution in [0, 0.1) is 0 Å². The Morgan fingerprint density at radius 1 is 1.06 bits per heavy atom. The van der Waals surface area contributed by atoms with Crippen LogP contribution < -0.4 is 16.6 Å². The molecule has 36 heavy (non-hydrogen) atoms. The highest BCUT2D eigenvalue weighted by Crippen LogP contribution is 2.24. The van der Waals surface area contributed by atoms with E-state index < -0.39 is 11.2 Å². The smallest absolute Gasteiger partial charge is 0.331 e. The third kappa shape index (κ3) is 4.43. The molecule has 0 bridgehead atoms. The highest BCUT2D eigenvalue weighted by Gasteiger charge is 2.31. The first-order chi connectivity index (χ1) is 17.3. The summed E-state index contributed by atoms with van der Waals surface area (Å²) < 4.78 is 3.86. The van der Waals surface area contributed by atoms with Gasteiger partial charge in [0, 0.05) is 63.4 Å². The lowest BCUT2D eigenvalue weighted by molar-refractivity contribution is -0.133. The van der Waals surface area contributed by atoms with Crippen LogP contribution in [0.1, 0.15) is 18.4 Å². The number of likely N-dealkylation sites (tertiary alicyclic amines) is 1. The Balaban J connectivity index is 1.25. The Bertz CT molecular complexity index is 1430. The molecule has 1 N–H and O–H groups in total. The summed E-state index contributed by atoms with van der Waals surface area (Å²) >= 11 is 0. The largest absolute Gasteiger partial charge is 0.341 e.